The Kier molecular flexibility index (Phi) is 4.80. The Labute approximate surface area is 142 Å². The predicted molar refractivity (Wildman–Crippen MR) is 91.8 cm³/mol. The Morgan fingerprint density at radius 1 is 1.29 bits per heavy atom. The lowest BCUT2D eigenvalue weighted by Crippen LogP contribution is -2.23. The topological polar surface area (TPSA) is 108 Å². The van der Waals surface area contributed by atoms with Gasteiger partial charge in [0.25, 0.3) is 5.91 Å². The van der Waals surface area contributed by atoms with E-state index in [4.69, 9.17) is 0 Å². The molecule has 0 unspecified atom stereocenters. The van der Waals surface area contributed by atoms with Crippen LogP contribution >= 0.6 is 11.3 Å². The van der Waals surface area contributed by atoms with Crippen molar-refractivity contribution in [1.82, 2.24) is 30.5 Å². The Bertz CT molecular complexity index is 827. The first kappa shape index (κ1) is 16.1. The SMILES string of the molecule is CCNc1nc(C)c(C(=O)NCc2nc(-c3ccncc3)n[nH]2)s1. The van der Waals surface area contributed by atoms with Crippen molar-refractivity contribution in [3.05, 3.63) is 40.9 Å². The summed E-state index contributed by atoms with van der Waals surface area (Å²) >= 11 is 1.34. The Morgan fingerprint density at radius 3 is 2.83 bits per heavy atom. The normalized spacial score (nSPS) is 10.6. The lowest BCUT2D eigenvalue weighted by molar-refractivity contribution is 0.0953. The van der Waals surface area contributed by atoms with Gasteiger partial charge in [0, 0.05) is 24.5 Å². The van der Waals surface area contributed by atoms with E-state index in [1.807, 2.05) is 26.0 Å². The van der Waals surface area contributed by atoms with Gasteiger partial charge in [-0.1, -0.05) is 11.3 Å². The van der Waals surface area contributed by atoms with Gasteiger partial charge in [0.2, 0.25) is 0 Å². The van der Waals surface area contributed by atoms with E-state index in [-0.39, 0.29) is 12.5 Å². The van der Waals surface area contributed by atoms with Crippen molar-refractivity contribution in [2.45, 2.75) is 20.4 Å². The predicted octanol–water partition coefficient (Wildman–Crippen LogP) is 1.99. The van der Waals surface area contributed by atoms with Crippen LogP contribution in [0.3, 0.4) is 0 Å². The summed E-state index contributed by atoms with van der Waals surface area (Å²) in [5.74, 6) is 0.991. The number of rotatable bonds is 6. The summed E-state index contributed by atoms with van der Waals surface area (Å²) < 4.78 is 0. The van der Waals surface area contributed by atoms with Crippen LogP contribution in [0.5, 0.6) is 0 Å². The monoisotopic (exact) mass is 343 g/mol. The minimum Gasteiger partial charge on any atom is -0.362 e. The van der Waals surface area contributed by atoms with Crippen molar-refractivity contribution >= 4 is 22.4 Å². The second-order valence-corrected chi connectivity index (χ2v) is 5.99. The van der Waals surface area contributed by atoms with E-state index in [1.165, 1.54) is 11.3 Å². The highest BCUT2D eigenvalue weighted by Gasteiger charge is 2.15. The van der Waals surface area contributed by atoms with Crippen LogP contribution < -0.4 is 10.6 Å². The van der Waals surface area contributed by atoms with E-state index in [1.54, 1.807) is 12.4 Å². The number of aromatic amines is 1. The number of hydrogen-bond acceptors (Lipinski definition) is 7. The number of aromatic nitrogens is 5. The molecular formula is C15H17N7OS. The van der Waals surface area contributed by atoms with Crippen molar-refractivity contribution in [3.8, 4) is 11.4 Å². The van der Waals surface area contributed by atoms with Gasteiger partial charge in [0.15, 0.2) is 11.0 Å². The van der Waals surface area contributed by atoms with Crippen LogP contribution in [0.2, 0.25) is 0 Å². The number of pyridine rings is 1. The molecule has 8 nitrogen and oxygen atoms in total. The highest BCUT2D eigenvalue weighted by Crippen LogP contribution is 2.22. The van der Waals surface area contributed by atoms with Crippen molar-refractivity contribution in [3.63, 3.8) is 0 Å². The first-order chi connectivity index (χ1) is 11.7. The molecule has 0 saturated heterocycles. The van der Waals surface area contributed by atoms with Crippen LogP contribution in [-0.2, 0) is 6.54 Å². The molecule has 0 aromatic carbocycles. The molecule has 0 aliphatic heterocycles. The molecule has 0 fully saturated rings. The van der Waals surface area contributed by atoms with Crippen LogP contribution in [-0.4, -0.2) is 37.6 Å². The third-order valence-electron chi connectivity index (χ3n) is 3.22. The fraction of sp³-hybridized carbons (Fsp3) is 0.267. The van der Waals surface area contributed by atoms with Gasteiger partial charge in [-0.3, -0.25) is 14.9 Å². The number of carbonyl (C=O) groups excluding carboxylic acids is 1. The van der Waals surface area contributed by atoms with Crippen molar-refractivity contribution < 1.29 is 4.79 Å². The number of nitrogens with one attached hydrogen (secondary N) is 3. The largest absolute Gasteiger partial charge is 0.362 e. The molecule has 0 atom stereocenters. The van der Waals surface area contributed by atoms with Gasteiger partial charge in [0.1, 0.15) is 10.7 Å². The highest BCUT2D eigenvalue weighted by molar-refractivity contribution is 7.17. The number of anilines is 1. The highest BCUT2D eigenvalue weighted by atomic mass is 32.1. The molecule has 9 heteroatoms. The smallest absolute Gasteiger partial charge is 0.263 e. The molecule has 3 N–H and O–H groups in total. The molecule has 3 aromatic rings. The quantitative estimate of drug-likeness (QED) is 0.632. The summed E-state index contributed by atoms with van der Waals surface area (Å²) in [5.41, 5.74) is 1.58. The maximum atomic E-state index is 12.3. The molecule has 24 heavy (non-hydrogen) atoms. The standard InChI is InChI=1S/C15H17N7OS/c1-3-17-15-19-9(2)12(24-15)14(23)18-8-11-20-13(22-21-11)10-4-6-16-7-5-10/h4-7H,3,8H2,1-2H3,(H,17,19)(H,18,23)(H,20,21,22). The number of hydrogen-bond donors (Lipinski definition) is 3. The molecule has 1 amide bonds. The molecular weight excluding hydrogens is 326 g/mol. The lowest BCUT2D eigenvalue weighted by Gasteiger charge is -2.00. The summed E-state index contributed by atoms with van der Waals surface area (Å²) in [6.07, 6.45) is 3.36. The fourth-order valence-corrected chi connectivity index (χ4v) is 3.03. The number of H-pyrrole nitrogens is 1. The number of nitrogens with zero attached hydrogens (tertiary/aromatic N) is 4. The molecule has 0 radical (unpaired) electrons. The first-order valence-corrected chi connectivity index (χ1v) is 8.30. The van der Waals surface area contributed by atoms with Crippen LogP contribution in [0, 0.1) is 6.92 Å². The first-order valence-electron chi connectivity index (χ1n) is 7.48. The maximum Gasteiger partial charge on any atom is 0.263 e. The lowest BCUT2D eigenvalue weighted by atomic mass is 10.2. The van der Waals surface area contributed by atoms with Gasteiger partial charge in [0.05, 0.1) is 12.2 Å². The van der Waals surface area contributed by atoms with Crippen LogP contribution in [0.4, 0.5) is 5.13 Å². The number of carbonyl (C=O) groups is 1. The average molecular weight is 343 g/mol. The molecule has 0 saturated carbocycles. The second-order valence-electron chi connectivity index (χ2n) is 4.99. The van der Waals surface area contributed by atoms with Gasteiger partial charge in [-0.2, -0.15) is 5.10 Å². The van der Waals surface area contributed by atoms with Gasteiger partial charge in [-0.05, 0) is 26.0 Å². The van der Waals surface area contributed by atoms with Gasteiger partial charge in [-0.25, -0.2) is 9.97 Å². The molecule has 0 aliphatic carbocycles. The summed E-state index contributed by atoms with van der Waals surface area (Å²) in [5, 5.41) is 13.7. The van der Waals surface area contributed by atoms with E-state index in [0.29, 0.717) is 22.2 Å². The van der Waals surface area contributed by atoms with Crippen molar-refractivity contribution in [1.29, 1.82) is 0 Å². The van der Waals surface area contributed by atoms with Gasteiger partial charge >= 0.3 is 0 Å². The van der Waals surface area contributed by atoms with E-state index in [9.17, 15) is 4.79 Å². The Morgan fingerprint density at radius 2 is 2.08 bits per heavy atom. The third-order valence-corrected chi connectivity index (χ3v) is 4.33. The zero-order valence-corrected chi connectivity index (χ0v) is 14.1. The fourth-order valence-electron chi connectivity index (χ4n) is 2.08. The average Bonchev–Trinajstić information content (AvgIpc) is 3.21. The molecule has 0 bridgehead atoms. The van der Waals surface area contributed by atoms with Crippen molar-refractivity contribution in [2.75, 3.05) is 11.9 Å². The Hall–Kier alpha value is -2.81. The van der Waals surface area contributed by atoms with Crippen LogP contribution in [0.25, 0.3) is 11.4 Å². The zero-order chi connectivity index (χ0) is 16.9. The second kappa shape index (κ2) is 7.18. The minimum absolute atomic E-state index is 0.170. The third kappa shape index (κ3) is 3.57. The summed E-state index contributed by atoms with van der Waals surface area (Å²) in [6.45, 7) is 4.84. The van der Waals surface area contributed by atoms with Gasteiger partial charge < -0.3 is 10.6 Å². The number of amides is 1. The molecule has 124 valence electrons. The number of aryl methyl sites for hydroxylation is 1. The molecule has 0 aliphatic rings. The molecule has 3 rings (SSSR count). The Balaban J connectivity index is 1.64. The van der Waals surface area contributed by atoms with E-state index >= 15 is 0 Å². The summed E-state index contributed by atoms with van der Waals surface area (Å²) in [6, 6.07) is 3.66. The minimum atomic E-state index is -0.170. The van der Waals surface area contributed by atoms with E-state index < -0.39 is 0 Å². The summed E-state index contributed by atoms with van der Waals surface area (Å²) in [7, 11) is 0. The van der Waals surface area contributed by atoms with E-state index in [2.05, 4.69) is 35.8 Å². The van der Waals surface area contributed by atoms with Gasteiger partial charge in [-0.15, -0.1) is 0 Å². The van der Waals surface area contributed by atoms with Crippen molar-refractivity contribution in [2.24, 2.45) is 0 Å². The molecule has 0 spiro atoms. The molecule has 3 aromatic heterocycles. The van der Waals surface area contributed by atoms with E-state index in [0.717, 1.165) is 17.2 Å². The molecule has 3 heterocycles. The number of thiazole rings is 1. The van der Waals surface area contributed by atoms with Crippen LogP contribution in [0.15, 0.2) is 24.5 Å². The maximum absolute atomic E-state index is 12.3. The zero-order valence-electron chi connectivity index (χ0n) is 13.3. The summed E-state index contributed by atoms with van der Waals surface area (Å²) in [4.78, 5) is 25.5. The van der Waals surface area contributed by atoms with Crippen LogP contribution in [0.1, 0.15) is 28.1 Å².